The third-order valence-electron chi connectivity index (χ3n) is 8.51. The van der Waals surface area contributed by atoms with Crippen LogP contribution >= 0.6 is 0 Å². The molecule has 0 aliphatic heterocycles. The van der Waals surface area contributed by atoms with E-state index in [2.05, 4.69) is 9.98 Å². The van der Waals surface area contributed by atoms with Crippen LogP contribution in [-0.2, 0) is 18.8 Å². The number of nitriles is 2. The van der Waals surface area contributed by atoms with E-state index in [1.165, 1.54) is 12.1 Å². The van der Waals surface area contributed by atoms with E-state index < -0.39 is 23.5 Å². The van der Waals surface area contributed by atoms with Crippen LogP contribution in [0.25, 0.3) is 55.1 Å². The van der Waals surface area contributed by atoms with Crippen molar-refractivity contribution in [2.75, 3.05) is 0 Å². The fraction of sp³-hybridized carbons (Fsp3) is 0.111. The number of fused-ring (bicyclic) bond motifs is 6. The van der Waals surface area contributed by atoms with E-state index in [9.17, 15) is 36.9 Å². The lowest BCUT2D eigenvalue weighted by Gasteiger charge is -2.16. The summed E-state index contributed by atoms with van der Waals surface area (Å²) in [6.07, 6.45) is -2.58. The van der Waals surface area contributed by atoms with E-state index in [4.69, 9.17) is 0 Å². The fourth-order valence-corrected chi connectivity index (χ4v) is 6.47. The van der Waals surface area contributed by atoms with Gasteiger partial charge in [0, 0.05) is 21.7 Å². The van der Waals surface area contributed by atoms with Gasteiger partial charge in [0.2, 0.25) is 12.4 Å². The Morgan fingerprint density at radius 1 is 0.543 bits per heavy atom. The zero-order valence-corrected chi connectivity index (χ0v) is 23.6. The summed E-state index contributed by atoms with van der Waals surface area (Å²) >= 11 is 0. The van der Waals surface area contributed by atoms with Gasteiger partial charge in [-0.05, 0) is 105 Å². The summed E-state index contributed by atoms with van der Waals surface area (Å²) in [5, 5.41) is 24.0. The zero-order chi connectivity index (χ0) is 32.4. The standard InChI is InChI=1S/C36H18F6N4/c37-35(38,39)23-5-1-3-19(11-23)21-7-9-25-27-15-32-28(16-31(27)33(45-17-43)29(25)13-21)26-10-8-22(14-30(26)34(32)46-18-44)20-4-2-6-24(12-20)36(40,41)42/h1-7,9,11-16H,8,10H2. The molecule has 1 aliphatic rings. The van der Waals surface area contributed by atoms with Crippen LogP contribution in [0.5, 0.6) is 0 Å². The number of nitrogens with zero attached hydrogens (tertiary/aromatic N) is 4. The second kappa shape index (κ2) is 10.4. The van der Waals surface area contributed by atoms with Crippen molar-refractivity contribution >= 4 is 44.0 Å². The topological polar surface area (TPSA) is 72.3 Å². The maximum atomic E-state index is 13.4. The molecule has 0 heterocycles. The average molecular weight is 621 g/mol. The molecule has 0 unspecified atom stereocenters. The highest BCUT2D eigenvalue weighted by atomic mass is 19.4. The molecule has 7 rings (SSSR count). The molecule has 4 nitrogen and oxygen atoms in total. The molecule has 0 N–H and O–H groups in total. The molecular weight excluding hydrogens is 602 g/mol. The first-order valence-electron chi connectivity index (χ1n) is 14.0. The summed E-state index contributed by atoms with van der Waals surface area (Å²) in [4.78, 5) is 8.22. The second-order valence-electron chi connectivity index (χ2n) is 11.0. The van der Waals surface area contributed by atoms with Crippen LogP contribution in [0.3, 0.4) is 0 Å². The molecule has 0 saturated carbocycles. The molecule has 6 aromatic carbocycles. The molecule has 0 saturated heterocycles. The smallest absolute Gasteiger partial charge is 0.172 e. The number of aryl methyl sites for hydroxylation is 1. The Balaban J connectivity index is 1.45. The molecule has 0 amide bonds. The predicted molar refractivity (Wildman–Crippen MR) is 162 cm³/mol. The van der Waals surface area contributed by atoms with E-state index in [1.54, 1.807) is 36.4 Å². The average Bonchev–Trinajstić information content (AvgIpc) is 3.50. The van der Waals surface area contributed by atoms with Crippen molar-refractivity contribution in [1.82, 2.24) is 0 Å². The molecule has 0 spiro atoms. The molecule has 0 fully saturated rings. The third-order valence-corrected chi connectivity index (χ3v) is 8.51. The van der Waals surface area contributed by atoms with E-state index in [0.717, 1.165) is 35.2 Å². The lowest BCUT2D eigenvalue weighted by molar-refractivity contribution is -0.138. The van der Waals surface area contributed by atoms with Gasteiger partial charge in [0.05, 0.1) is 21.8 Å². The van der Waals surface area contributed by atoms with Gasteiger partial charge in [0.1, 0.15) is 0 Å². The van der Waals surface area contributed by atoms with Gasteiger partial charge in [-0.25, -0.2) is 0 Å². The Kier molecular flexibility index (Phi) is 6.57. The molecule has 6 aromatic rings. The quantitative estimate of drug-likeness (QED) is 0.143. The SMILES string of the molecule is N#CN=c1c2c(c3cc4c(=NC#N)c5cc(-c6cccc(C(F)(F)F)c6)ccc5c4cc13)CCC(c1cccc(C(F)(F)F)c1)=C2. The van der Waals surface area contributed by atoms with Gasteiger partial charge in [-0.15, -0.1) is 0 Å². The number of hydrogen-bond acceptors (Lipinski definition) is 4. The zero-order valence-electron chi connectivity index (χ0n) is 23.6. The molecule has 0 bridgehead atoms. The van der Waals surface area contributed by atoms with Crippen molar-refractivity contribution in [3.63, 3.8) is 0 Å². The Bertz CT molecular complexity index is 2480. The molecule has 0 radical (unpaired) electrons. The molecule has 0 atom stereocenters. The summed E-state index contributed by atoms with van der Waals surface area (Å²) in [6, 6.07) is 19.1. The maximum absolute atomic E-state index is 13.4. The monoisotopic (exact) mass is 620 g/mol. The van der Waals surface area contributed by atoms with Crippen LogP contribution in [0.1, 0.15) is 34.2 Å². The number of allylic oxidation sites excluding steroid dienone is 1. The molecular formula is C36H18F6N4. The largest absolute Gasteiger partial charge is 0.416 e. The first kappa shape index (κ1) is 29.0. The van der Waals surface area contributed by atoms with Crippen LogP contribution in [0.4, 0.5) is 26.3 Å². The van der Waals surface area contributed by atoms with E-state index >= 15 is 0 Å². The summed E-state index contributed by atoms with van der Waals surface area (Å²) < 4.78 is 80.4. The fourth-order valence-electron chi connectivity index (χ4n) is 6.47. The van der Waals surface area contributed by atoms with Gasteiger partial charge in [-0.2, -0.15) is 46.9 Å². The van der Waals surface area contributed by atoms with Crippen LogP contribution in [-0.4, -0.2) is 0 Å². The van der Waals surface area contributed by atoms with Crippen molar-refractivity contribution in [1.29, 1.82) is 10.5 Å². The lowest BCUT2D eigenvalue weighted by atomic mass is 9.89. The Morgan fingerprint density at radius 3 is 1.78 bits per heavy atom. The normalized spacial score (nSPS) is 14.5. The molecule has 46 heavy (non-hydrogen) atoms. The van der Waals surface area contributed by atoms with Crippen molar-refractivity contribution in [2.45, 2.75) is 25.2 Å². The van der Waals surface area contributed by atoms with E-state index in [0.29, 0.717) is 78.3 Å². The first-order chi connectivity index (χ1) is 22.0. The van der Waals surface area contributed by atoms with Crippen LogP contribution < -0.4 is 10.7 Å². The highest BCUT2D eigenvalue weighted by molar-refractivity contribution is 6.17. The Hall–Kier alpha value is -5.74. The lowest BCUT2D eigenvalue weighted by Crippen LogP contribution is -2.08. The maximum Gasteiger partial charge on any atom is 0.416 e. The predicted octanol–water partition coefficient (Wildman–Crippen LogP) is 8.98. The van der Waals surface area contributed by atoms with Crippen molar-refractivity contribution in [3.8, 4) is 23.5 Å². The minimum absolute atomic E-state index is 0.358. The van der Waals surface area contributed by atoms with Crippen molar-refractivity contribution in [2.24, 2.45) is 9.98 Å². The highest BCUT2D eigenvalue weighted by Crippen LogP contribution is 2.39. The molecule has 224 valence electrons. The van der Waals surface area contributed by atoms with Gasteiger partial charge < -0.3 is 0 Å². The number of rotatable bonds is 2. The number of hydrogen-bond donors (Lipinski definition) is 0. The third kappa shape index (κ3) is 4.70. The van der Waals surface area contributed by atoms with Crippen LogP contribution in [0.2, 0.25) is 0 Å². The minimum atomic E-state index is -4.50. The number of benzene rings is 4. The summed E-state index contributed by atoms with van der Waals surface area (Å²) in [5.74, 6) is 0. The van der Waals surface area contributed by atoms with Gasteiger partial charge in [-0.1, -0.05) is 36.4 Å². The van der Waals surface area contributed by atoms with Crippen molar-refractivity contribution < 1.29 is 26.3 Å². The van der Waals surface area contributed by atoms with Gasteiger partial charge in [0.25, 0.3) is 0 Å². The number of halogens is 6. The van der Waals surface area contributed by atoms with Crippen LogP contribution in [0.15, 0.2) is 88.8 Å². The Labute approximate surface area is 256 Å². The van der Waals surface area contributed by atoms with E-state index in [-0.39, 0.29) is 0 Å². The molecule has 10 heteroatoms. The summed E-state index contributed by atoms with van der Waals surface area (Å²) in [5.41, 5.74) is 2.00. The van der Waals surface area contributed by atoms with Gasteiger partial charge >= 0.3 is 12.4 Å². The Morgan fingerprint density at radius 2 is 1.11 bits per heavy atom. The second-order valence-corrected chi connectivity index (χ2v) is 11.0. The minimum Gasteiger partial charge on any atom is -0.172 e. The summed E-state index contributed by atoms with van der Waals surface area (Å²) in [7, 11) is 0. The molecule has 1 aliphatic carbocycles. The number of alkyl halides is 6. The van der Waals surface area contributed by atoms with E-state index in [1.807, 2.05) is 24.5 Å². The highest BCUT2D eigenvalue weighted by Gasteiger charge is 2.32. The first-order valence-corrected chi connectivity index (χ1v) is 14.0. The van der Waals surface area contributed by atoms with Crippen molar-refractivity contribution in [3.05, 3.63) is 117 Å². The van der Waals surface area contributed by atoms with Gasteiger partial charge in [0.15, 0.2) is 0 Å². The summed E-state index contributed by atoms with van der Waals surface area (Å²) in [6.45, 7) is 0. The molecule has 0 aromatic heterocycles. The van der Waals surface area contributed by atoms with Gasteiger partial charge in [-0.3, -0.25) is 0 Å². The van der Waals surface area contributed by atoms with Crippen LogP contribution in [0, 0.1) is 22.9 Å².